The number of ether oxygens (including phenoxy) is 1. The highest BCUT2D eigenvalue weighted by Gasteiger charge is 2.31. The molecule has 0 unspecified atom stereocenters. The van der Waals surface area contributed by atoms with Gasteiger partial charge >= 0.3 is 6.18 Å². The fraction of sp³-hybridized carbons (Fsp3) is 0.458. The van der Waals surface area contributed by atoms with Crippen LogP contribution in [0.15, 0.2) is 42.5 Å². The van der Waals surface area contributed by atoms with Crippen LogP contribution in [0.25, 0.3) is 0 Å². The summed E-state index contributed by atoms with van der Waals surface area (Å²) in [5, 5.41) is 3.46. The highest BCUT2D eigenvalue weighted by Crippen LogP contribution is 2.34. The topological polar surface area (TPSA) is 31.0 Å². The number of thiocarbonyl (C=S) groups is 1. The van der Waals surface area contributed by atoms with Crippen molar-refractivity contribution >= 4 is 40.3 Å². The number of benzene rings is 2. The van der Waals surface area contributed by atoms with Crippen LogP contribution in [0.5, 0.6) is 0 Å². The average molecular weight is 515 g/mol. The Bertz CT molecular complexity index is 950. The molecular weight excluding hydrogens is 485 g/mol. The number of nitrogens with zero attached hydrogens (tertiary/aromatic N) is 3. The number of morpholine rings is 1. The van der Waals surface area contributed by atoms with Crippen molar-refractivity contribution in [2.24, 2.45) is 0 Å². The summed E-state index contributed by atoms with van der Waals surface area (Å²) in [5.74, 6) is 0. The monoisotopic (exact) mass is 514 g/mol. The molecule has 0 atom stereocenters. The number of alkyl halides is 3. The molecule has 0 bridgehead atoms. The molecule has 0 aromatic heterocycles. The predicted molar refractivity (Wildman–Crippen MR) is 136 cm³/mol. The molecular formula is C24H30ClF3N4OS. The van der Waals surface area contributed by atoms with Crippen LogP contribution in [0, 0.1) is 0 Å². The summed E-state index contributed by atoms with van der Waals surface area (Å²) >= 11 is 11.8. The van der Waals surface area contributed by atoms with Crippen LogP contribution < -0.4 is 10.2 Å². The lowest BCUT2D eigenvalue weighted by Gasteiger charge is -2.30. The molecule has 1 saturated heterocycles. The Morgan fingerprint density at radius 1 is 1.12 bits per heavy atom. The molecule has 0 saturated carbocycles. The summed E-state index contributed by atoms with van der Waals surface area (Å²) in [6, 6.07) is 11.3. The maximum Gasteiger partial charge on any atom is 0.416 e. The summed E-state index contributed by atoms with van der Waals surface area (Å²) in [6.45, 7) is 5.33. The predicted octanol–water partition coefficient (Wildman–Crippen LogP) is 5.35. The van der Waals surface area contributed by atoms with Crippen molar-refractivity contribution in [3.05, 3.63) is 58.6 Å². The fourth-order valence-corrected chi connectivity index (χ4v) is 4.10. The summed E-state index contributed by atoms with van der Waals surface area (Å²) in [7, 11) is 3.95. The minimum atomic E-state index is -4.46. The number of hydrogen-bond acceptors (Lipinski definition) is 4. The molecule has 1 heterocycles. The molecule has 1 fully saturated rings. The average Bonchev–Trinajstić information content (AvgIpc) is 2.80. The van der Waals surface area contributed by atoms with Crippen molar-refractivity contribution in [3.8, 4) is 0 Å². The molecule has 1 aliphatic heterocycles. The molecule has 1 N–H and O–H groups in total. The Labute approximate surface area is 209 Å². The highest BCUT2D eigenvalue weighted by molar-refractivity contribution is 7.80. The van der Waals surface area contributed by atoms with Crippen molar-refractivity contribution in [1.82, 2.24) is 9.80 Å². The smallest absolute Gasteiger partial charge is 0.379 e. The van der Waals surface area contributed by atoms with E-state index in [1.54, 1.807) is 0 Å². The van der Waals surface area contributed by atoms with Gasteiger partial charge in [-0.1, -0.05) is 23.7 Å². The van der Waals surface area contributed by atoms with Crippen LogP contribution in [-0.4, -0.2) is 68.4 Å². The molecule has 0 radical (unpaired) electrons. The Hall–Kier alpha value is -2.07. The second-order valence-corrected chi connectivity index (χ2v) is 9.21. The highest BCUT2D eigenvalue weighted by atomic mass is 35.5. The lowest BCUT2D eigenvalue weighted by atomic mass is 10.1. The van der Waals surface area contributed by atoms with E-state index in [2.05, 4.69) is 10.2 Å². The van der Waals surface area contributed by atoms with Gasteiger partial charge in [0, 0.05) is 52.5 Å². The zero-order valence-corrected chi connectivity index (χ0v) is 20.9. The Balaban J connectivity index is 1.72. The maximum atomic E-state index is 13.2. The van der Waals surface area contributed by atoms with E-state index in [1.165, 1.54) is 6.07 Å². The molecule has 186 valence electrons. The molecule has 0 aliphatic carbocycles. The van der Waals surface area contributed by atoms with Gasteiger partial charge in [-0.25, -0.2) is 0 Å². The van der Waals surface area contributed by atoms with Crippen LogP contribution in [-0.2, 0) is 17.5 Å². The standard InChI is InChI=1S/C24H30ClF3N4OS/c1-30(2)20-7-4-18(5-8-20)17-32(11-3-10-31-12-14-33-15-13-31)23(34)29-22-16-19(24(26,27)28)6-9-21(22)25/h4-9,16H,3,10-15,17H2,1-2H3,(H,29,34). The normalized spacial score (nSPS) is 14.6. The number of anilines is 2. The van der Waals surface area contributed by atoms with Crippen molar-refractivity contribution in [1.29, 1.82) is 0 Å². The van der Waals surface area contributed by atoms with Crippen LogP contribution in [0.2, 0.25) is 5.02 Å². The van der Waals surface area contributed by atoms with Gasteiger partial charge in [0.25, 0.3) is 0 Å². The maximum absolute atomic E-state index is 13.2. The van der Waals surface area contributed by atoms with Gasteiger partial charge in [-0.2, -0.15) is 13.2 Å². The number of halogens is 4. The first-order chi connectivity index (χ1) is 16.1. The Morgan fingerprint density at radius 2 is 1.79 bits per heavy atom. The first-order valence-electron chi connectivity index (χ1n) is 11.1. The molecule has 34 heavy (non-hydrogen) atoms. The number of hydrogen-bond donors (Lipinski definition) is 1. The van der Waals surface area contributed by atoms with E-state index in [4.69, 9.17) is 28.6 Å². The van der Waals surface area contributed by atoms with E-state index < -0.39 is 11.7 Å². The Morgan fingerprint density at radius 3 is 2.41 bits per heavy atom. The van der Waals surface area contributed by atoms with Gasteiger partial charge < -0.3 is 19.9 Å². The Kier molecular flexibility index (Phi) is 9.41. The third-order valence-corrected chi connectivity index (χ3v) is 6.34. The minimum Gasteiger partial charge on any atom is -0.379 e. The SMILES string of the molecule is CN(C)c1ccc(CN(CCCN2CCOCC2)C(=S)Nc2cc(C(F)(F)F)ccc2Cl)cc1. The van der Waals surface area contributed by atoms with Gasteiger partial charge in [0.15, 0.2) is 5.11 Å². The second kappa shape index (κ2) is 12.1. The van der Waals surface area contributed by atoms with Crippen molar-refractivity contribution in [3.63, 3.8) is 0 Å². The zero-order valence-electron chi connectivity index (χ0n) is 19.4. The van der Waals surface area contributed by atoms with Gasteiger partial charge in [-0.15, -0.1) is 0 Å². The van der Waals surface area contributed by atoms with E-state index in [0.717, 1.165) is 62.7 Å². The van der Waals surface area contributed by atoms with E-state index in [1.807, 2.05) is 48.2 Å². The quantitative estimate of drug-likeness (QED) is 0.478. The number of nitrogens with one attached hydrogen (secondary N) is 1. The van der Waals surface area contributed by atoms with E-state index in [9.17, 15) is 13.2 Å². The molecule has 0 spiro atoms. The van der Waals surface area contributed by atoms with Crippen molar-refractivity contribution in [2.75, 3.05) is 63.7 Å². The largest absolute Gasteiger partial charge is 0.416 e. The van der Waals surface area contributed by atoms with Crippen molar-refractivity contribution in [2.45, 2.75) is 19.1 Å². The third-order valence-electron chi connectivity index (χ3n) is 5.65. The van der Waals surface area contributed by atoms with Gasteiger partial charge in [0.1, 0.15) is 0 Å². The molecule has 1 aliphatic rings. The summed E-state index contributed by atoms with van der Waals surface area (Å²) < 4.78 is 45.0. The van der Waals surface area contributed by atoms with Crippen molar-refractivity contribution < 1.29 is 17.9 Å². The molecule has 2 aromatic carbocycles. The molecule has 0 amide bonds. The van der Waals surface area contributed by atoms with Crippen LogP contribution in [0.3, 0.4) is 0 Å². The van der Waals surface area contributed by atoms with Gasteiger partial charge in [-0.05, 0) is 54.5 Å². The van der Waals surface area contributed by atoms with E-state index in [-0.39, 0.29) is 10.7 Å². The first kappa shape index (κ1) is 26.5. The third kappa shape index (κ3) is 7.73. The first-order valence-corrected chi connectivity index (χ1v) is 11.9. The number of rotatable bonds is 8. The van der Waals surface area contributed by atoms with Crippen LogP contribution >= 0.6 is 23.8 Å². The van der Waals surface area contributed by atoms with Gasteiger partial charge in [0.2, 0.25) is 0 Å². The van der Waals surface area contributed by atoms with Crippen LogP contribution in [0.4, 0.5) is 24.5 Å². The summed E-state index contributed by atoms with van der Waals surface area (Å²) in [4.78, 5) is 6.33. The molecule has 10 heteroatoms. The fourth-order valence-electron chi connectivity index (χ4n) is 3.67. The second-order valence-electron chi connectivity index (χ2n) is 8.41. The van der Waals surface area contributed by atoms with Gasteiger partial charge in [-0.3, -0.25) is 4.90 Å². The van der Waals surface area contributed by atoms with E-state index >= 15 is 0 Å². The molecule has 3 rings (SSSR count). The summed E-state index contributed by atoms with van der Waals surface area (Å²) in [6.07, 6.45) is -3.61. The lowest BCUT2D eigenvalue weighted by molar-refractivity contribution is -0.137. The zero-order chi connectivity index (χ0) is 24.7. The molecule has 2 aromatic rings. The summed E-state index contributed by atoms with van der Waals surface area (Å²) in [5.41, 5.74) is 1.50. The van der Waals surface area contributed by atoms with Gasteiger partial charge in [0.05, 0.1) is 29.5 Å². The molecule has 5 nitrogen and oxygen atoms in total. The lowest BCUT2D eigenvalue weighted by Crippen LogP contribution is -2.40. The minimum absolute atomic E-state index is 0.141. The van der Waals surface area contributed by atoms with E-state index in [0.29, 0.717) is 18.2 Å². The van der Waals surface area contributed by atoms with Crippen LogP contribution in [0.1, 0.15) is 17.5 Å².